The van der Waals surface area contributed by atoms with E-state index >= 15 is 0 Å². The highest BCUT2D eigenvalue weighted by atomic mass is 19.4. The maximum Gasteiger partial charge on any atom is 0.573 e. The molecule has 0 atom stereocenters. The van der Waals surface area contributed by atoms with Gasteiger partial charge in [0, 0.05) is 11.3 Å². The predicted octanol–water partition coefficient (Wildman–Crippen LogP) is 3.24. The van der Waals surface area contributed by atoms with Gasteiger partial charge in [-0.05, 0) is 36.8 Å². The van der Waals surface area contributed by atoms with Gasteiger partial charge in [0.15, 0.2) is 0 Å². The van der Waals surface area contributed by atoms with Crippen LogP contribution in [0.1, 0.15) is 26.3 Å². The molecular weight excluding hydrogens is 325 g/mol. The Morgan fingerprint density at radius 3 is 2.42 bits per heavy atom. The predicted molar refractivity (Wildman–Crippen MR) is 80.8 cm³/mol. The molecule has 24 heavy (non-hydrogen) atoms. The number of hydrogen-bond donors (Lipinski definition) is 2. The van der Waals surface area contributed by atoms with Crippen LogP contribution in [-0.2, 0) is 0 Å². The third kappa shape index (κ3) is 4.25. The molecule has 2 aromatic carbocycles. The highest BCUT2D eigenvalue weighted by molar-refractivity contribution is 6.07. The molecule has 0 aliphatic heterocycles. The van der Waals surface area contributed by atoms with Gasteiger partial charge in [-0.15, -0.1) is 13.2 Å². The van der Waals surface area contributed by atoms with Gasteiger partial charge in [0.25, 0.3) is 5.91 Å². The van der Waals surface area contributed by atoms with Crippen molar-refractivity contribution in [2.24, 2.45) is 5.73 Å². The van der Waals surface area contributed by atoms with Crippen LogP contribution in [0.4, 0.5) is 18.9 Å². The Hall–Kier alpha value is -3.03. The largest absolute Gasteiger partial charge is 0.573 e. The summed E-state index contributed by atoms with van der Waals surface area (Å²) in [6.45, 7) is 1.67. The van der Waals surface area contributed by atoms with Crippen molar-refractivity contribution < 1.29 is 27.5 Å². The summed E-state index contributed by atoms with van der Waals surface area (Å²) in [4.78, 5) is 23.5. The van der Waals surface area contributed by atoms with E-state index in [0.717, 1.165) is 6.07 Å². The monoisotopic (exact) mass is 338 g/mol. The lowest BCUT2D eigenvalue weighted by Gasteiger charge is -2.14. The van der Waals surface area contributed by atoms with E-state index in [1.54, 1.807) is 13.0 Å². The zero-order chi connectivity index (χ0) is 17.9. The van der Waals surface area contributed by atoms with Crippen LogP contribution in [0, 0.1) is 6.92 Å². The molecule has 126 valence electrons. The number of nitrogens with one attached hydrogen (secondary N) is 1. The first-order valence-electron chi connectivity index (χ1n) is 6.74. The highest BCUT2D eigenvalue weighted by Gasteiger charge is 2.32. The van der Waals surface area contributed by atoms with E-state index in [1.165, 1.54) is 30.3 Å². The van der Waals surface area contributed by atoms with Crippen molar-refractivity contribution in [2.75, 3.05) is 5.32 Å². The number of halogens is 3. The van der Waals surface area contributed by atoms with Crippen LogP contribution in [0.25, 0.3) is 0 Å². The Kier molecular flexibility index (Phi) is 4.77. The lowest BCUT2D eigenvalue weighted by Crippen LogP contribution is -2.21. The standard InChI is InChI=1S/C16H13F3N2O3/c1-9-6-7-10(14(20)22)8-12(9)21-15(23)11-4-2-3-5-13(11)24-16(17,18)19/h2-8H,1H3,(H2,20,22)(H,21,23). The van der Waals surface area contributed by atoms with Gasteiger partial charge in [0.1, 0.15) is 5.75 Å². The molecular formula is C16H13F3N2O3. The number of alkyl halides is 3. The normalized spacial score (nSPS) is 11.0. The van der Waals surface area contributed by atoms with E-state index < -0.39 is 23.9 Å². The topological polar surface area (TPSA) is 81.4 Å². The number of primary amides is 1. The van der Waals surface area contributed by atoms with E-state index in [0.29, 0.717) is 5.56 Å². The molecule has 2 aromatic rings. The van der Waals surface area contributed by atoms with E-state index in [-0.39, 0.29) is 16.8 Å². The van der Waals surface area contributed by atoms with Crippen molar-refractivity contribution in [3.05, 3.63) is 59.2 Å². The van der Waals surface area contributed by atoms with Crippen LogP contribution in [0.3, 0.4) is 0 Å². The van der Waals surface area contributed by atoms with E-state index in [9.17, 15) is 22.8 Å². The number of para-hydroxylation sites is 1. The van der Waals surface area contributed by atoms with Gasteiger partial charge in [0.05, 0.1) is 5.56 Å². The number of ether oxygens (including phenoxy) is 1. The van der Waals surface area contributed by atoms with Crippen LogP contribution in [0.5, 0.6) is 5.75 Å². The molecule has 0 unspecified atom stereocenters. The quantitative estimate of drug-likeness (QED) is 0.898. The minimum atomic E-state index is -4.92. The number of anilines is 1. The maximum atomic E-state index is 12.4. The minimum Gasteiger partial charge on any atom is -0.405 e. The Morgan fingerprint density at radius 2 is 1.79 bits per heavy atom. The van der Waals surface area contributed by atoms with Gasteiger partial charge in [-0.2, -0.15) is 0 Å². The molecule has 0 aliphatic rings. The summed E-state index contributed by atoms with van der Waals surface area (Å²) in [7, 11) is 0. The SMILES string of the molecule is Cc1ccc(C(N)=O)cc1NC(=O)c1ccccc1OC(F)(F)F. The molecule has 0 bridgehead atoms. The van der Waals surface area contributed by atoms with E-state index in [2.05, 4.69) is 10.1 Å². The molecule has 3 N–H and O–H groups in total. The van der Waals surface area contributed by atoms with Crippen molar-refractivity contribution in [3.63, 3.8) is 0 Å². The molecule has 0 saturated heterocycles. The van der Waals surface area contributed by atoms with Crippen molar-refractivity contribution in [1.82, 2.24) is 0 Å². The van der Waals surface area contributed by atoms with Gasteiger partial charge >= 0.3 is 6.36 Å². The minimum absolute atomic E-state index is 0.163. The van der Waals surface area contributed by atoms with Crippen LogP contribution in [0.15, 0.2) is 42.5 Å². The zero-order valence-corrected chi connectivity index (χ0v) is 12.5. The van der Waals surface area contributed by atoms with Crippen LogP contribution in [0.2, 0.25) is 0 Å². The fraction of sp³-hybridized carbons (Fsp3) is 0.125. The number of carbonyl (C=O) groups excluding carboxylic acids is 2. The molecule has 0 saturated carbocycles. The summed E-state index contributed by atoms with van der Waals surface area (Å²) < 4.78 is 41.1. The lowest BCUT2D eigenvalue weighted by molar-refractivity contribution is -0.274. The molecule has 5 nitrogen and oxygen atoms in total. The second-order valence-corrected chi connectivity index (χ2v) is 4.89. The Bertz CT molecular complexity index is 788. The third-order valence-electron chi connectivity index (χ3n) is 3.13. The summed E-state index contributed by atoms with van der Waals surface area (Å²) in [6, 6.07) is 9.35. The van der Waals surface area contributed by atoms with Gasteiger partial charge in [-0.25, -0.2) is 0 Å². The van der Waals surface area contributed by atoms with Crippen molar-refractivity contribution in [3.8, 4) is 5.75 Å². The van der Waals surface area contributed by atoms with Crippen LogP contribution < -0.4 is 15.8 Å². The van der Waals surface area contributed by atoms with Gasteiger partial charge < -0.3 is 15.8 Å². The second kappa shape index (κ2) is 6.61. The number of nitrogens with two attached hydrogens (primary N) is 1. The first-order chi connectivity index (χ1) is 11.2. The number of amides is 2. The summed E-state index contributed by atoms with van der Waals surface area (Å²) in [5.74, 6) is -2.11. The lowest BCUT2D eigenvalue weighted by atomic mass is 10.1. The Balaban J connectivity index is 2.31. The number of hydrogen-bond acceptors (Lipinski definition) is 3. The fourth-order valence-electron chi connectivity index (χ4n) is 1.97. The van der Waals surface area contributed by atoms with Crippen LogP contribution >= 0.6 is 0 Å². The molecule has 2 rings (SSSR count). The number of benzene rings is 2. The van der Waals surface area contributed by atoms with E-state index in [4.69, 9.17) is 5.73 Å². The van der Waals surface area contributed by atoms with Gasteiger partial charge in [-0.1, -0.05) is 18.2 Å². The number of rotatable bonds is 4. The summed E-state index contributed by atoms with van der Waals surface area (Å²) in [5, 5.41) is 2.45. The molecule has 8 heteroatoms. The molecule has 0 aromatic heterocycles. The smallest absolute Gasteiger partial charge is 0.405 e. The molecule has 0 fully saturated rings. The maximum absolute atomic E-state index is 12.4. The summed E-state index contributed by atoms with van der Waals surface area (Å²) >= 11 is 0. The Labute approximate surface area is 135 Å². The molecule has 0 radical (unpaired) electrons. The summed E-state index contributed by atoms with van der Waals surface area (Å²) in [5.41, 5.74) is 5.92. The average molecular weight is 338 g/mol. The summed E-state index contributed by atoms with van der Waals surface area (Å²) in [6.07, 6.45) is -4.92. The molecule has 0 spiro atoms. The third-order valence-corrected chi connectivity index (χ3v) is 3.13. The van der Waals surface area contributed by atoms with E-state index in [1.807, 2.05) is 0 Å². The van der Waals surface area contributed by atoms with Gasteiger partial charge in [0.2, 0.25) is 5.91 Å². The first-order valence-corrected chi connectivity index (χ1v) is 6.74. The van der Waals surface area contributed by atoms with Gasteiger partial charge in [-0.3, -0.25) is 9.59 Å². The molecule has 0 heterocycles. The first kappa shape index (κ1) is 17.3. The molecule has 2 amide bonds. The number of carbonyl (C=O) groups is 2. The average Bonchev–Trinajstić information content (AvgIpc) is 2.48. The highest BCUT2D eigenvalue weighted by Crippen LogP contribution is 2.27. The zero-order valence-electron chi connectivity index (χ0n) is 12.5. The second-order valence-electron chi connectivity index (χ2n) is 4.89. The molecule has 0 aliphatic carbocycles. The van der Waals surface area contributed by atoms with Crippen molar-refractivity contribution in [2.45, 2.75) is 13.3 Å². The number of aryl methyl sites for hydroxylation is 1. The fourth-order valence-corrected chi connectivity index (χ4v) is 1.97. The van der Waals surface area contributed by atoms with Crippen LogP contribution in [-0.4, -0.2) is 18.2 Å². The van der Waals surface area contributed by atoms with Crippen molar-refractivity contribution >= 4 is 17.5 Å². The van der Waals surface area contributed by atoms with Crippen molar-refractivity contribution in [1.29, 1.82) is 0 Å². The Morgan fingerprint density at radius 1 is 1.12 bits per heavy atom.